The summed E-state index contributed by atoms with van der Waals surface area (Å²) in [6.07, 6.45) is 1.24. The van der Waals surface area contributed by atoms with Crippen molar-refractivity contribution >= 4 is 34.3 Å². The summed E-state index contributed by atoms with van der Waals surface area (Å²) in [4.78, 5) is 5.00. The molecule has 0 amide bonds. The highest BCUT2D eigenvalue weighted by Crippen LogP contribution is 2.47. The van der Waals surface area contributed by atoms with Crippen molar-refractivity contribution in [3.63, 3.8) is 0 Å². The van der Waals surface area contributed by atoms with Crippen LogP contribution in [0.2, 0.25) is 5.02 Å². The van der Waals surface area contributed by atoms with Crippen LogP contribution in [-0.2, 0) is 0 Å². The summed E-state index contributed by atoms with van der Waals surface area (Å²) >= 11 is 5.96. The van der Waals surface area contributed by atoms with Gasteiger partial charge in [-0.3, -0.25) is 4.90 Å². The van der Waals surface area contributed by atoms with Crippen molar-refractivity contribution in [3.8, 4) is 0 Å². The van der Waals surface area contributed by atoms with Gasteiger partial charge in [0.2, 0.25) is 0 Å². The minimum Gasteiger partial charge on any atom is -0.369 e. The zero-order chi connectivity index (χ0) is 16.5. The third kappa shape index (κ3) is 4.55. The number of hydrogen-bond acceptors (Lipinski definition) is 2. The van der Waals surface area contributed by atoms with E-state index in [0.29, 0.717) is 5.92 Å². The average molecular weight is 426 g/mol. The highest BCUT2D eigenvalue weighted by atomic mass is 79.9. The van der Waals surface area contributed by atoms with Crippen LogP contribution in [0, 0.1) is 11.7 Å². The highest BCUT2D eigenvalue weighted by Gasteiger charge is 2.39. The number of rotatable bonds is 4. The van der Waals surface area contributed by atoms with Gasteiger partial charge in [-0.2, -0.15) is 0 Å². The summed E-state index contributed by atoms with van der Waals surface area (Å²) in [5.41, 5.74) is 2.55. The molecule has 0 N–H and O–H groups in total. The summed E-state index contributed by atoms with van der Waals surface area (Å²) in [5.74, 6) is 1.21. The van der Waals surface area contributed by atoms with Crippen LogP contribution in [-0.4, -0.2) is 37.6 Å². The molecule has 0 spiro atoms. The molecule has 0 bridgehead atoms. The van der Waals surface area contributed by atoms with Gasteiger partial charge < -0.3 is 4.90 Å². The second-order valence-corrected chi connectivity index (χ2v) is 7.35. The molecule has 5 heteroatoms. The van der Waals surface area contributed by atoms with Crippen molar-refractivity contribution < 1.29 is 4.39 Å². The van der Waals surface area contributed by atoms with E-state index in [9.17, 15) is 4.39 Å². The lowest BCUT2D eigenvalue weighted by molar-refractivity contribution is 0.246. The monoisotopic (exact) mass is 424 g/mol. The molecular formula is C20H23BrClFN2. The smallest absolute Gasteiger partial charge is 0.123 e. The Morgan fingerprint density at radius 3 is 2.20 bits per heavy atom. The molecule has 2 aliphatic rings. The Morgan fingerprint density at radius 2 is 1.56 bits per heavy atom. The molecular weight excluding hydrogens is 403 g/mol. The zero-order valence-corrected chi connectivity index (χ0v) is 16.5. The minimum atomic E-state index is -0.144. The molecule has 1 aliphatic carbocycles. The molecule has 2 atom stereocenters. The number of anilines is 1. The van der Waals surface area contributed by atoms with Crippen molar-refractivity contribution in [1.82, 2.24) is 4.90 Å². The van der Waals surface area contributed by atoms with Gasteiger partial charge in [0, 0.05) is 43.4 Å². The van der Waals surface area contributed by atoms with Gasteiger partial charge in [-0.05, 0) is 60.2 Å². The van der Waals surface area contributed by atoms with E-state index >= 15 is 0 Å². The predicted octanol–water partition coefficient (Wildman–Crippen LogP) is 4.98. The highest BCUT2D eigenvalue weighted by molar-refractivity contribution is 8.93. The molecule has 0 unspecified atom stereocenters. The Kier molecular flexibility index (Phi) is 6.03. The standard InChI is InChI=1S/C20H22ClFN2.BrH/c21-17-3-7-19(8-4-17)24-11-9-23(10-12-24)14-16-13-20(16)15-1-5-18(22)6-2-15;/h1-8,16,20H,9-14H2;1H/t16-,20-;/m1./s1. The number of halogens is 3. The first-order chi connectivity index (χ1) is 11.7. The lowest BCUT2D eigenvalue weighted by Crippen LogP contribution is -2.47. The number of benzene rings is 2. The number of nitrogens with zero attached hydrogens (tertiary/aromatic N) is 2. The summed E-state index contributed by atoms with van der Waals surface area (Å²) in [5, 5.41) is 0.790. The van der Waals surface area contributed by atoms with E-state index in [1.54, 1.807) is 12.1 Å². The molecule has 2 aromatic carbocycles. The maximum atomic E-state index is 13.0. The Bertz CT molecular complexity index is 684. The van der Waals surface area contributed by atoms with E-state index in [-0.39, 0.29) is 22.8 Å². The van der Waals surface area contributed by atoms with Crippen LogP contribution >= 0.6 is 28.6 Å². The largest absolute Gasteiger partial charge is 0.369 e. The molecule has 2 aromatic rings. The normalized spacial score (nSPS) is 23.2. The van der Waals surface area contributed by atoms with Crippen molar-refractivity contribution in [3.05, 3.63) is 64.9 Å². The first kappa shape index (κ1) is 18.7. The fourth-order valence-corrected chi connectivity index (χ4v) is 3.87. The summed E-state index contributed by atoms with van der Waals surface area (Å²) < 4.78 is 13.0. The molecule has 2 nitrogen and oxygen atoms in total. The molecule has 2 fully saturated rings. The first-order valence-electron chi connectivity index (χ1n) is 8.67. The van der Waals surface area contributed by atoms with Crippen molar-refractivity contribution in [2.24, 2.45) is 5.92 Å². The zero-order valence-electron chi connectivity index (χ0n) is 14.1. The molecule has 1 heterocycles. The number of hydrogen-bond donors (Lipinski definition) is 0. The third-order valence-electron chi connectivity index (χ3n) is 5.28. The van der Waals surface area contributed by atoms with Gasteiger partial charge in [0.15, 0.2) is 0 Å². The van der Waals surface area contributed by atoms with E-state index in [2.05, 4.69) is 21.9 Å². The topological polar surface area (TPSA) is 6.48 Å². The predicted molar refractivity (Wildman–Crippen MR) is 108 cm³/mol. The second kappa shape index (κ2) is 8.07. The molecule has 1 saturated heterocycles. The van der Waals surface area contributed by atoms with E-state index in [1.807, 2.05) is 24.3 Å². The van der Waals surface area contributed by atoms with Crippen LogP contribution in [0.4, 0.5) is 10.1 Å². The molecule has 25 heavy (non-hydrogen) atoms. The summed E-state index contributed by atoms with van der Waals surface area (Å²) in [7, 11) is 0. The Labute approximate surface area is 164 Å². The molecule has 0 aromatic heterocycles. The second-order valence-electron chi connectivity index (χ2n) is 6.92. The van der Waals surface area contributed by atoms with Gasteiger partial charge in [0.25, 0.3) is 0 Å². The van der Waals surface area contributed by atoms with Crippen LogP contribution < -0.4 is 4.90 Å². The van der Waals surface area contributed by atoms with Crippen LogP contribution in [0.1, 0.15) is 17.9 Å². The first-order valence-corrected chi connectivity index (χ1v) is 9.05. The van der Waals surface area contributed by atoms with E-state index < -0.39 is 0 Å². The average Bonchev–Trinajstić information content (AvgIpc) is 3.36. The van der Waals surface area contributed by atoms with E-state index in [4.69, 9.17) is 11.6 Å². The van der Waals surface area contributed by atoms with Crippen LogP contribution in [0.5, 0.6) is 0 Å². The van der Waals surface area contributed by atoms with Gasteiger partial charge in [0.05, 0.1) is 0 Å². The lowest BCUT2D eigenvalue weighted by Gasteiger charge is -2.36. The van der Waals surface area contributed by atoms with Crippen molar-refractivity contribution in [2.45, 2.75) is 12.3 Å². The lowest BCUT2D eigenvalue weighted by atomic mass is 10.1. The Balaban J connectivity index is 0.00000182. The molecule has 4 rings (SSSR count). The van der Waals surface area contributed by atoms with E-state index in [0.717, 1.165) is 43.7 Å². The minimum absolute atomic E-state index is 0. The van der Waals surface area contributed by atoms with Gasteiger partial charge in [-0.15, -0.1) is 17.0 Å². The third-order valence-corrected chi connectivity index (χ3v) is 5.53. The molecule has 1 aliphatic heterocycles. The van der Waals surface area contributed by atoms with Gasteiger partial charge in [-0.25, -0.2) is 4.39 Å². The van der Waals surface area contributed by atoms with Crippen molar-refractivity contribution in [2.75, 3.05) is 37.6 Å². The van der Waals surface area contributed by atoms with Crippen LogP contribution in [0.25, 0.3) is 0 Å². The maximum Gasteiger partial charge on any atom is 0.123 e. The number of piperazine rings is 1. The summed E-state index contributed by atoms with van der Waals surface area (Å²) in [6.45, 7) is 5.51. The fourth-order valence-electron chi connectivity index (χ4n) is 3.74. The Hall–Kier alpha value is -1.10. The van der Waals surface area contributed by atoms with Crippen LogP contribution in [0.15, 0.2) is 48.5 Å². The van der Waals surface area contributed by atoms with Gasteiger partial charge >= 0.3 is 0 Å². The van der Waals surface area contributed by atoms with Crippen molar-refractivity contribution in [1.29, 1.82) is 0 Å². The Morgan fingerprint density at radius 1 is 0.920 bits per heavy atom. The maximum absolute atomic E-state index is 13.0. The van der Waals surface area contributed by atoms with Gasteiger partial charge in [0.1, 0.15) is 5.82 Å². The SMILES string of the molecule is Br.Fc1ccc([C@H]2C[C@@H]2CN2CCN(c3ccc(Cl)cc3)CC2)cc1. The van der Waals surface area contributed by atoms with E-state index in [1.165, 1.54) is 17.7 Å². The molecule has 134 valence electrons. The molecule has 0 radical (unpaired) electrons. The molecule has 1 saturated carbocycles. The van der Waals surface area contributed by atoms with Crippen LogP contribution in [0.3, 0.4) is 0 Å². The quantitative estimate of drug-likeness (QED) is 0.681. The summed E-state index contributed by atoms with van der Waals surface area (Å²) in [6, 6.07) is 15.2. The fraction of sp³-hybridized carbons (Fsp3) is 0.400. The van der Waals surface area contributed by atoms with Gasteiger partial charge in [-0.1, -0.05) is 23.7 Å².